The van der Waals surface area contributed by atoms with Gasteiger partial charge in [0.05, 0.1) is 0 Å². The summed E-state index contributed by atoms with van der Waals surface area (Å²) in [6, 6.07) is 8.15. The maximum atomic E-state index is 11.9. The summed E-state index contributed by atoms with van der Waals surface area (Å²) in [6.45, 7) is 9.24. The molecule has 0 radical (unpaired) electrons. The van der Waals surface area contributed by atoms with Gasteiger partial charge in [0.15, 0.2) is 0 Å². The molecule has 0 saturated carbocycles. The van der Waals surface area contributed by atoms with E-state index in [9.17, 15) is 4.21 Å². The lowest BCUT2D eigenvalue weighted by Crippen LogP contribution is -2.38. The number of benzene rings is 1. The lowest BCUT2D eigenvalue weighted by molar-refractivity contribution is 0.440. The Morgan fingerprint density at radius 3 is 2.47 bits per heavy atom. The van der Waals surface area contributed by atoms with E-state index >= 15 is 0 Å². The maximum absolute atomic E-state index is 11.9. The van der Waals surface area contributed by atoms with Crippen LogP contribution in [-0.4, -0.2) is 22.0 Å². The van der Waals surface area contributed by atoms with Gasteiger partial charge in [-0.05, 0) is 38.8 Å². The summed E-state index contributed by atoms with van der Waals surface area (Å²) in [5, 5.41) is 3.36. The van der Waals surface area contributed by atoms with Crippen molar-refractivity contribution < 1.29 is 4.21 Å². The van der Waals surface area contributed by atoms with E-state index in [1.54, 1.807) is 0 Å². The molecule has 1 aromatic rings. The lowest BCUT2D eigenvalue weighted by Gasteiger charge is -2.20. The summed E-state index contributed by atoms with van der Waals surface area (Å²) in [6.07, 6.45) is 0. The molecule has 0 spiro atoms. The van der Waals surface area contributed by atoms with Crippen LogP contribution in [0.3, 0.4) is 0 Å². The summed E-state index contributed by atoms with van der Waals surface area (Å²) in [5.41, 5.74) is 2.53. The molecule has 1 unspecified atom stereocenters. The fourth-order valence-corrected chi connectivity index (χ4v) is 2.70. The molecule has 0 saturated heterocycles. The third-order valence-electron chi connectivity index (χ3n) is 2.56. The largest absolute Gasteiger partial charge is 0.311 e. The molecule has 1 aromatic carbocycles. The first-order chi connectivity index (χ1) is 7.88. The minimum absolute atomic E-state index is 0.104. The second-order valence-electron chi connectivity index (χ2n) is 5.39. The maximum Gasteiger partial charge on any atom is 0.0488 e. The number of rotatable bonds is 5. The van der Waals surface area contributed by atoms with Gasteiger partial charge >= 0.3 is 0 Å². The van der Waals surface area contributed by atoms with Crippen LogP contribution < -0.4 is 5.32 Å². The van der Waals surface area contributed by atoms with Crippen LogP contribution in [0.15, 0.2) is 24.3 Å². The van der Waals surface area contributed by atoms with Crippen LogP contribution in [0.5, 0.6) is 0 Å². The lowest BCUT2D eigenvalue weighted by atomic mass is 10.1. The van der Waals surface area contributed by atoms with Gasteiger partial charge in [0.2, 0.25) is 0 Å². The van der Waals surface area contributed by atoms with Crippen LogP contribution in [-0.2, 0) is 16.6 Å². The van der Waals surface area contributed by atoms with E-state index in [0.29, 0.717) is 11.5 Å². The second-order valence-corrected chi connectivity index (χ2v) is 6.97. The number of aryl methyl sites for hydroxylation is 1. The minimum atomic E-state index is -0.778. The monoisotopic (exact) mass is 253 g/mol. The highest BCUT2D eigenvalue weighted by Crippen LogP contribution is 2.09. The standard InChI is InChI=1S/C14H23NOS/c1-12-7-5-6-8-13(12)11-17(16)10-9-15-14(2,3)4/h5-8,15H,9-11H2,1-4H3. The van der Waals surface area contributed by atoms with Crippen molar-refractivity contribution in [2.24, 2.45) is 0 Å². The number of nitrogens with one attached hydrogen (secondary N) is 1. The molecule has 1 rings (SSSR count). The highest BCUT2D eigenvalue weighted by Gasteiger charge is 2.09. The molecule has 1 N–H and O–H groups in total. The second kappa shape index (κ2) is 6.31. The molecular weight excluding hydrogens is 230 g/mol. The first-order valence-electron chi connectivity index (χ1n) is 6.03. The Hall–Kier alpha value is -0.670. The van der Waals surface area contributed by atoms with Gasteiger partial charge in [-0.25, -0.2) is 0 Å². The molecule has 0 aliphatic heterocycles. The quantitative estimate of drug-likeness (QED) is 0.874. The third kappa shape index (κ3) is 5.99. The molecule has 0 aliphatic carbocycles. The van der Waals surface area contributed by atoms with Crippen molar-refractivity contribution in [1.82, 2.24) is 5.32 Å². The Balaban J connectivity index is 2.38. The van der Waals surface area contributed by atoms with E-state index in [1.807, 2.05) is 12.1 Å². The van der Waals surface area contributed by atoms with Crippen LogP contribution in [0.4, 0.5) is 0 Å². The van der Waals surface area contributed by atoms with E-state index in [-0.39, 0.29) is 5.54 Å². The van der Waals surface area contributed by atoms with E-state index in [4.69, 9.17) is 0 Å². The van der Waals surface area contributed by atoms with Crippen LogP contribution in [0.2, 0.25) is 0 Å². The van der Waals surface area contributed by atoms with Crippen molar-refractivity contribution in [3.8, 4) is 0 Å². The van der Waals surface area contributed by atoms with Crippen molar-refractivity contribution in [1.29, 1.82) is 0 Å². The molecule has 0 aromatic heterocycles. The first-order valence-corrected chi connectivity index (χ1v) is 7.52. The molecule has 2 nitrogen and oxygen atoms in total. The zero-order chi connectivity index (χ0) is 12.9. The molecule has 0 fully saturated rings. The molecule has 0 bridgehead atoms. The molecule has 1 atom stereocenters. The van der Waals surface area contributed by atoms with Crippen LogP contribution >= 0.6 is 0 Å². The van der Waals surface area contributed by atoms with Crippen molar-refractivity contribution in [3.05, 3.63) is 35.4 Å². The molecule has 0 amide bonds. The summed E-state index contributed by atoms with van der Waals surface area (Å²) >= 11 is 0. The number of hydrogen-bond donors (Lipinski definition) is 1. The number of hydrogen-bond acceptors (Lipinski definition) is 2. The van der Waals surface area contributed by atoms with Gasteiger partial charge in [0.25, 0.3) is 0 Å². The molecule has 0 heterocycles. The Morgan fingerprint density at radius 1 is 1.24 bits per heavy atom. The third-order valence-corrected chi connectivity index (χ3v) is 3.86. The highest BCUT2D eigenvalue weighted by atomic mass is 32.2. The summed E-state index contributed by atoms with van der Waals surface area (Å²) in [4.78, 5) is 0. The summed E-state index contributed by atoms with van der Waals surface area (Å²) in [7, 11) is -0.778. The fourth-order valence-electron chi connectivity index (χ4n) is 1.56. The Labute approximate surface area is 107 Å². The van der Waals surface area contributed by atoms with Gasteiger partial charge < -0.3 is 5.32 Å². The van der Waals surface area contributed by atoms with Crippen molar-refractivity contribution in [2.75, 3.05) is 12.3 Å². The van der Waals surface area contributed by atoms with Gasteiger partial charge in [-0.3, -0.25) is 4.21 Å². The molecular formula is C14H23NOS. The van der Waals surface area contributed by atoms with Gasteiger partial charge in [-0.2, -0.15) is 0 Å². The van der Waals surface area contributed by atoms with E-state index in [2.05, 4.69) is 45.1 Å². The van der Waals surface area contributed by atoms with Crippen LogP contribution in [0.1, 0.15) is 31.9 Å². The molecule has 0 aliphatic rings. The van der Waals surface area contributed by atoms with Crippen molar-refractivity contribution >= 4 is 10.8 Å². The van der Waals surface area contributed by atoms with E-state index in [1.165, 1.54) is 11.1 Å². The molecule has 96 valence electrons. The Morgan fingerprint density at radius 2 is 1.88 bits per heavy atom. The summed E-state index contributed by atoms with van der Waals surface area (Å²) < 4.78 is 11.9. The predicted molar refractivity (Wildman–Crippen MR) is 75.6 cm³/mol. The average molecular weight is 253 g/mol. The average Bonchev–Trinajstić information content (AvgIpc) is 2.19. The van der Waals surface area contributed by atoms with Gasteiger partial charge in [0.1, 0.15) is 0 Å². The fraction of sp³-hybridized carbons (Fsp3) is 0.571. The SMILES string of the molecule is Cc1ccccc1CS(=O)CCNC(C)(C)C. The van der Waals surface area contributed by atoms with Crippen LogP contribution in [0.25, 0.3) is 0 Å². The van der Waals surface area contributed by atoms with E-state index < -0.39 is 10.8 Å². The van der Waals surface area contributed by atoms with Gasteiger partial charge in [-0.15, -0.1) is 0 Å². The zero-order valence-corrected chi connectivity index (χ0v) is 12.1. The normalized spacial score (nSPS) is 13.6. The zero-order valence-electron chi connectivity index (χ0n) is 11.2. The van der Waals surface area contributed by atoms with Crippen LogP contribution in [0, 0.1) is 6.92 Å². The first kappa shape index (κ1) is 14.4. The Bertz CT molecular complexity index is 382. The Kier molecular flexibility index (Phi) is 5.34. The highest BCUT2D eigenvalue weighted by molar-refractivity contribution is 7.84. The topological polar surface area (TPSA) is 29.1 Å². The van der Waals surface area contributed by atoms with Crippen molar-refractivity contribution in [2.45, 2.75) is 39.0 Å². The minimum Gasteiger partial charge on any atom is -0.311 e. The summed E-state index contributed by atoms with van der Waals surface area (Å²) in [5.74, 6) is 1.38. The molecule has 17 heavy (non-hydrogen) atoms. The van der Waals surface area contributed by atoms with E-state index in [0.717, 1.165) is 6.54 Å². The van der Waals surface area contributed by atoms with Gasteiger partial charge in [0, 0.05) is 34.4 Å². The smallest absolute Gasteiger partial charge is 0.0488 e. The van der Waals surface area contributed by atoms with Gasteiger partial charge in [-0.1, -0.05) is 24.3 Å². The molecule has 3 heteroatoms. The van der Waals surface area contributed by atoms with Crippen molar-refractivity contribution in [3.63, 3.8) is 0 Å². The predicted octanol–water partition coefficient (Wildman–Crippen LogP) is 2.63.